The number of piperidine rings is 2. The topological polar surface area (TPSA) is 6.48 Å². The summed E-state index contributed by atoms with van der Waals surface area (Å²) in [6, 6.07) is 0. The molecule has 0 saturated carbocycles. The third kappa shape index (κ3) is 3.74. The number of hydrogen-bond donors (Lipinski definition) is 0. The molecular formula is C14H28N2. The Hall–Kier alpha value is -0.0800. The van der Waals surface area contributed by atoms with Crippen LogP contribution in [0.3, 0.4) is 0 Å². The molecule has 2 heteroatoms. The van der Waals surface area contributed by atoms with Crippen molar-refractivity contribution in [1.29, 1.82) is 0 Å². The Morgan fingerprint density at radius 3 is 2.19 bits per heavy atom. The van der Waals surface area contributed by atoms with Crippen molar-refractivity contribution < 1.29 is 0 Å². The summed E-state index contributed by atoms with van der Waals surface area (Å²) in [6.45, 7) is 9.11. The van der Waals surface area contributed by atoms with E-state index in [2.05, 4.69) is 23.8 Å². The van der Waals surface area contributed by atoms with E-state index >= 15 is 0 Å². The average Bonchev–Trinajstić information content (AvgIpc) is 2.30. The van der Waals surface area contributed by atoms with Gasteiger partial charge in [0.25, 0.3) is 0 Å². The monoisotopic (exact) mass is 224 g/mol. The Kier molecular flexibility index (Phi) is 4.66. The zero-order valence-electron chi connectivity index (χ0n) is 11.1. The quantitative estimate of drug-likeness (QED) is 0.726. The van der Waals surface area contributed by atoms with E-state index in [-0.39, 0.29) is 0 Å². The van der Waals surface area contributed by atoms with Crippen molar-refractivity contribution in [2.24, 2.45) is 11.8 Å². The Balaban J connectivity index is 1.60. The van der Waals surface area contributed by atoms with Gasteiger partial charge >= 0.3 is 0 Å². The predicted molar refractivity (Wildman–Crippen MR) is 69.7 cm³/mol. The summed E-state index contributed by atoms with van der Waals surface area (Å²) in [5.41, 5.74) is 0. The van der Waals surface area contributed by atoms with E-state index in [0.717, 1.165) is 11.8 Å². The van der Waals surface area contributed by atoms with Crippen LogP contribution in [0.25, 0.3) is 0 Å². The van der Waals surface area contributed by atoms with Gasteiger partial charge < -0.3 is 9.80 Å². The van der Waals surface area contributed by atoms with Gasteiger partial charge in [-0.05, 0) is 83.7 Å². The van der Waals surface area contributed by atoms with Crippen molar-refractivity contribution in [3.05, 3.63) is 0 Å². The lowest BCUT2D eigenvalue weighted by Crippen LogP contribution is -2.36. The summed E-state index contributed by atoms with van der Waals surface area (Å²) in [6.07, 6.45) is 7.16. The fraction of sp³-hybridized carbons (Fsp3) is 1.00. The summed E-state index contributed by atoms with van der Waals surface area (Å²) in [5.74, 6) is 1.98. The molecule has 0 bridgehead atoms. The minimum absolute atomic E-state index is 0.972. The molecule has 2 rings (SSSR count). The first-order chi connectivity index (χ1) is 7.74. The van der Waals surface area contributed by atoms with Crippen LogP contribution in [0.15, 0.2) is 0 Å². The van der Waals surface area contributed by atoms with Crippen LogP contribution in [0.1, 0.15) is 39.0 Å². The zero-order chi connectivity index (χ0) is 11.4. The lowest BCUT2D eigenvalue weighted by atomic mass is 9.92. The molecule has 2 heterocycles. The molecular weight excluding hydrogens is 196 g/mol. The van der Waals surface area contributed by atoms with Crippen LogP contribution < -0.4 is 0 Å². The highest BCUT2D eigenvalue weighted by molar-refractivity contribution is 4.74. The molecule has 2 saturated heterocycles. The summed E-state index contributed by atoms with van der Waals surface area (Å²) >= 11 is 0. The second-order valence-corrected chi connectivity index (χ2v) is 6.06. The molecule has 0 aromatic carbocycles. The molecule has 0 amide bonds. The van der Waals surface area contributed by atoms with Crippen LogP contribution in [0.2, 0.25) is 0 Å². The van der Waals surface area contributed by atoms with Crippen molar-refractivity contribution in [3.8, 4) is 0 Å². The fourth-order valence-corrected chi connectivity index (χ4v) is 3.00. The predicted octanol–water partition coefficient (Wildman–Crippen LogP) is 2.45. The number of hydrogen-bond acceptors (Lipinski definition) is 2. The van der Waals surface area contributed by atoms with E-state index in [0.29, 0.717) is 0 Å². The van der Waals surface area contributed by atoms with Crippen LogP contribution in [0.5, 0.6) is 0 Å². The summed E-state index contributed by atoms with van der Waals surface area (Å²) in [7, 11) is 2.25. The van der Waals surface area contributed by atoms with E-state index in [1.54, 1.807) is 0 Å². The van der Waals surface area contributed by atoms with Crippen molar-refractivity contribution >= 4 is 0 Å². The number of likely N-dealkylation sites (tertiary alicyclic amines) is 2. The highest BCUT2D eigenvalue weighted by atomic mass is 15.1. The minimum Gasteiger partial charge on any atom is -0.306 e. The van der Waals surface area contributed by atoms with Crippen molar-refractivity contribution in [3.63, 3.8) is 0 Å². The van der Waals surface area contributed by atoms with E-state index < -0.39 is 0 Å². The molecule has 0 aliphatic carbocycles. The molecule has 0 aromatic rings. The second kappa shape index (κ2) is 6.02. The molecule has 0 atom stereocenters. The van der Waals surface area contributed by atoms with Crippen LogP contribution in [0, 0.1) is 11.8 Å². The Bertz CT molecular complexity index is 167. The van der Waals surface area contributed by atoms with E-state index in [9.17, 15) is 0 Å². The fourth-order valence-electron chi connectivity index (χ4n) is 3.00. The standard InChI is InChI=1S/C14H28N2/c1-13-3-10-16(11-4-13)12-7-14-5-8-15(2)9-6-14/h13-14H,3-12H2,1-2H3. The van der Waals surface area contributed by atoms with Gasteiger partial charge in [-0.15, -0.1) is 0 Å². The lowest BCUT2D eigenvalue weighted by Gasteiger charge is -2.33. The molecule has 0 spiro atoms. The molecule has 2 fully saturated rings. The zero-order valence-corrected chi connectivity index (χ0v) is 11.1. The van der Waals surface area contributed by atoms with Crippen LogP contribution in [-0.4, -0.2) is 49.6 Å². The van der Waals surface area contributed by atoms with Gasteiger partial charge in [-0.2, -0.15) is 0 Å². The highest BCUT2D eigenvalue weighted by Crippen LogP contribution is 2.22. The highest BCUT2D eigenvalue weighted by Gasteiger charge is 2.19. The average molecular weight is 224 g/mol. The normalized spacial score (nSPS) is 27.4. The van der Waals surface area contributed by atoms with Crippen molar-refractivity contribution in [1.82, 2.24) is 9.80 Å². The summed E-state index contributed by atoms with van der Waals surface area (Å²) in [5, 5.41) is 0. The Labute approximate surface area is 101 Å². The molecule has 0 unspecified atom stereocenters. The summed E-state index contributed by atoms with van der Waals surface area (Å²) < 4.78 is 0. The SMILES string of the molecule is CC1CCN(CCC2CCN(C)CC2)CC1. The third-order valence-corrected chi connectivity index (χ3v) is 4.57. The van der Waals surface area contributed by atoms with Gasteiger partial charge in [-0.1, -0.05) is 6.92 Å². The van der Waals surface area contributed by atoms with Gasteiger partial charge in [0, 0.05) is 0 Å². The van der Waals surface area contributed by atoms with Crippen LogP contribution >= 0.6 is 0 Å². The van der Waals surface area contributed by atoms with Gasteiger partial charge in [0.1, 0.15) is 0 Å². The molecule has 0 aromatic heterocycles. The first-order valence-corrected chi connectivity index (χ1v) is 7.15. The van der Waals surface area contributed by atoms with Crippen LogP contribution in [-0.2, 0) is 0 Å². The molecule has 2 nitrogen and oxygen atoms in total. The Morgan fingerprint density at radius 2 is 1.56 bits per heavy atom. The van der Waals surface area contributed by atoms with E-state index in [1.165, 1.54) is 64.8 Å². The molecule has 0 radical (unpaired) electrons. The lowest BCUT2D eigenvalue weighted by molar-refractivity contribution is 0.158. The first kappa shape index (κ1) is 12.4. The maximum atomic E-state index is 2.69. The van der Waals surface area contributed by atoms with Gasteiger partial charge in [0.15, 0.2) is 0 Å². The summed E-state index contributed by atoms with van der Waals surface area (Å²) in [4.78, 5) is 5.16. The molecule has 94 valence electrons. The van der Waals surface area contributed by atoms with Crippen LogP contribution in [0.4, 0.5) is 0 Å². The number of nitrogens with zero attached hydrogens (tertiary/aromatic N) is 2. The van der Waals surface area contributed by atoms with Gasteiger partial charge in [-0.25, -0.2) is 0 Å². The van der Waals surface area contributed by atoms with E-state index in [4.69, 9.17) is 0 Å². The number of rotatable bonds is 3. The smallest absolute Gasteiger partial charge is 0.00161 e. The molecule has 16 heavy (non-hydrogen) atoms. The molecule has 0 N–H and O–H groups in total. The first-order valence-electron chi connectivity index (χ1n) is 7.15. The molecule has 2 aliphatic heterocycles. The third-order valence-electron chi connectivity index (χ3n) is 4.57. The van der Waals surface area contributed by atoms with E-state index in [1.807, 2.05) is 0 Å². The second-order valence-electron chi connectivity index (χ2n) is 6.06. The van der Waals surface area contributed by atoms with Gasteiger partial charge in [-0.3, -0.25) is 0 Å². The van der Waals surface area contributed by atoms with Crippen molar-refractivity contribution in [2.75, 3.05) is 39.8 Å². The van der Waals surface area contributed by atoms with Crippen molar-refractivity contribution in [2.45, 2.75) is 39.0 Å². The molecule has 2 aliphatic rings. The maximum absolute atomic E-state index is 2.69. The van der Waals surface area contributed by atoms with Gasteiger partial charge in [0.2, 0.25) is 0 Å². The minimum atomic E-state index is 0.972. The Morgan fingerprint density at radius 1 is 0.938 bits per heavy atom. The van der Waals surface area contributed by atoms with Gasteiger partial charge in [0.05, 0.1) is 0 Å². The maximum Gasteiger partial charge on any atom is -0.00161 e. The largest absolute Gasteiger partial charge is 0.306 e.